The fourth-order valence-corrected chi connectivity index (χ4v) is 3.80. The lowest BCUT2D eigenvalue weighted by Gasteiger charge is -2.41. The molecule has 0 aromatic heterocycles. The van der Waals surface area contributed by atoms with Crippen LogP contribution in [0.15, 0.2) is 35.9 Å². The standard InChI is InChI=1S/C17H21NO.CH4O/c1-13-15(14-9-5-3-6-10-14)16(19)18(2)17(13)11-7-4-8-12-17;1-2/h3,5-6,9-10H,4,7-8,11-12H2,1-2H3;2H,1H3. The minimum absolute atomic E-state index is 0.000504. The Morgan fingerprint density at radius 1 is 1.05 bits per heavy atom. The Morgan fingerprint density at radius 3 is 2.19 bits per heavy atom. The number of aliphatic hydroxyl groups excluding tert-OH is 1. The van der Waals surface area contributed by atoms with Crippen molar-refractivity contribution >= 4 is 11.5 Å². The second kappa shape index (κ2) is 6.44. The molecule has 1 fully saturated rings. The van der Waals surface area contributed by atoms with Crippen LogP contribution in [0, 0.1) is 0 Å². The van der Waals surface area contributed by atoms with Gasteiger partial charge in [-0.3, -0.25) is 4.79 Å². The highest BCUT2D eigenvalue weighted by atomic mass is 16.2. The molecule has 1 aromatic rings. The molecule has 0 atom stereocenters. The third kappa shape index (κ3) is 2.51. The fraction of sp³-hybridized carbons (Fsp3) is 0.500. The SMILES string of the molecule is CC1=C(c2ccccc2)C(=O)N(C)C12CCCCC2.CO. The molecule has 1 aliphatic heterocycles. The van der Waals surface area contributed by atoms with E-state index in [0.29, 0.717) is 0 Å². The van der Waals surface area contributed by atoms with Gasteiger partial charge in [0.05, 0.1) is 5.54 Å². The highest BCUT2D eigenvalue weighted by Crippen LogP contribution is 2.47. The molecule has 3 rings (SSSR count). The average Bonchev–Trinajstić information content (AvgIpc) is 2.73. The quantitative estimate of drug-likeness (QED) is 0.861. The molecule has 1 N–H and O–H groups in total. The van der Waals surface area contributed by atoms with Gasteiger partial charge in [0.1, 0.15) is 0 Å². The van der Waals surface area contributed by atoms with Crippen molar-refractivity contribution in [3.05, 3.63) is 41.5 Å². The van der Waals surface area contributed by atoms with Crippen molar-refractivity contribution in [2.75, 3.05) is 14.2 Å². The molecule has 1 aliphatic carbocycles. The van der Waals surface area contributed by atoms with E-state index in [0.717, 1.165) is 31.1 Å². The summed E-state index contributed by atoms with van der Waals surface area (Å²) in [6, 6.07) is 10.1. The lowest BCUT2D eigenvalue weighted by Crippen LogP contribution is -2.46. The van der Waals surface area contributed by atoms with Crippen molar-refractivity contribution in [2.45, 2.75) is 44.6 Å². The summed E-state index contributed by atoms with van der Waals surface area (Å²) in [6.45, 7) is 2.16. The molecule has 114 valence electrons. The summed E-state index contributed by atoms with van der Waals surface area (Å²) < 4.78 is 0. The summed E-state index contributed by atoms with van der Waals surface area (Å²) in [5.74, 6) is 0.200. The summed E-state index contributed by atoms with van der Waals surface area (Å²) >= 11 is 0. The van der Waals surface area contributed by atoms with Crippen molar-refractivity contribution < 1.29 is 9.90 Å². The second-order valence-corrected chi connectivity index (χ2v) is 5.82. The molecule has 2 aliphatic rings. The molecule has 0 saturated heterocycles. The largest absolute Gasteiger partial charge is 0.400 e. The zero-order valence-corrected chi connectivity index (χ0v) is 13.2. The number of hydrogen-bond acceptors (Lipinski definition) is 2. The average molecular weight is 287 g/mol. The minimum atomic E-state index is 0.000504. The van der Waals surface area contributed by atoms with E-state index >= 15 is 0 Å². The van der Waals surface area contributed by atoms with Crippen LogP contribution in [0.5, 0.6) is 0 Å². The van der Waals surface area contributed by atoms with Crippen LogP contribution in [0.2, 0.25) is 0 Å². The van der Waals surface area contributed by atoms with Crippen LogP contribution < -0.4 is 0 Å². The Morgan fingerprint density at radius 2 is 1.62 bits per heavy atom. The van der Waals surface area contributed by atoms with Crippen molar-refractivity contribution in [3.63, 3.8) is 0 Å². The van der Waals surface area contributed by atoms with Crippen LogP contribution in [0.1, 0.15) is 44.6 Å². The van der Waals surface area contributed by atoms with Gasteiger partial charge < -0.3 is 10.0 Å². The van der Waals surface area contributed by atoms with Gasteiger partial charge in [-0.25, -0.2) is 0 Å². The summed E-state index contributed by atoms with van der Waals surface area (Å²) in [5.41, 5.74) is 3.29. The second-order valence-electron chi connectivity index (χ2n) is 5.82. The molecule has 21 heavy (non-hydrogen) atoms. The van der Waals surface area contributed by atoms with E-state index < -0.39 is 0 Å². The Balaban J connectivity index is 0.000000774. The summed E-state index contributed by atoms with van der Waals surface area (Å²) in [4.78, 5) is 14.7. The molecule has 1 saturated carbocycles. The molecule has 1 amide bonds. The summed E-state index contributed by atoms with van der Waals surface area (Å²) in [7, 11) is 2.98. The molecular weight excluding hydrogens is 262 g/mol. The first kappa shape index (κ1) is 15.8. The van der Waals surface area contributed by atoms with E-state index in [2.05, 4.69) is 6.92 Å². The van der Waals surface area contributed by atoms with E-state index in [1.807, 2.05) is 42.3 Å². The lowest BCUT2D eigenvalue weighted by atomic mass is 9.76. The number of likely N-dealkylation sites (N-methyl/N-ethyl adjacent to an activating group) is 1. The van der Waals surface area contributed by atoms with Gasteiger partial charge in [0.25, 0.3) is 5.91 Å². The molecule has 0 bridgehead atoms. The monoisotopic (exact) mass is 287 g/mol. The fourth-order valence-electron chi connectivity index (χ4n) is 3.80. The Bertz CT molecular complexity index is 527. The van der Waals surface area contributed by atoms with Crippen molar-refractivity contribution in [1.29, 1.82) is 0 Å². The number of carbonyl (C=O) groups excluding carboxylic acids is 1. The number of aliphatic hydroxyl groups is 1. The maximum atomic E-state index is 12.7. The molecule has 0 unspecified atom stereocenters. The van der Waals surface area contributed by atoms with Crippen molar-refractivity contribution in [3.8, 4) is 0 Å². The third-order valence-electron chi connectivity index (χ3n) is 4.98. The molecular formula is C18H25NO2. The summed E-state index contributed by atoms with van der Waals surface area (Å²) in [6.07, 6.45) is 6.01. The van der Waals surface area contributed by atoms with E-state index in [1.165, 1.54) is 24.8 Å². The maximum Gasteiger partial charge on any atom is 0.254 e. The van der Waals surface area contributed by atoms with Gasteiger partial charge in [0.15, 0.2) is 0 Å². The number of hydrogen-bond donors (Lipinski definition) is 1. The Kier molecular flexibility index (Phi) is 4.84. The molecule has 3 nitrogen and oxygen atoms in total. The Labute approximate surface area is 127 Å². The predicted octanol–water partition coefficient (Wildman–Crippen LogP) is 3.24. The van der Waals surface area contributed by atoms with Gasteiger partial charge in [0, 0.05) is 19.7 Å². The molecule has 3 heteroatoms. The third-order valence-corrected chi connectivity index (χ3v) is 4.98. The van der Waals surface area contributed by atoms with E-state index in [4.69, 9.17) is 5.11 Å². The number of rotatable bonds is 1. The zero-order valence-electron chi connectivity index (χ0n) is 13.2. The van der Waals surface area contributed by atoms with Gasteiger partial charge in [-0.2, -0.15) is 0 Å². The Hall–Kier alpha value is -1.61. The number of nitrogens with zero attached hydrogens (tertiary/aromatic N) is 1. The summed E-state index contributed by atoms with van der Waals surface area (Å²) in [5, 5.41) is 7.00. The molecule has 1 spiro atoms. The van der Waals surface area contributed by atoms with Gasteiger partial charge in [0.2, 0.25) is 0 Å². The van der Waals surface area contributed by atoms with Gasteiger partial charge >= 0.3 is 0 Å². The maximum absolute atomic E-state index is 12.7. The number of amides is 1. The van der Waals surface area contributed by atoms with Crippen LogP contribution in [-0.4, -0.2) is 35.6 Å². The zero-order chi connectivity index (χ0) is 15.5. The van der Waals surface area contributed by atoms with Crippen LogP contribution in [0.3, 0.4) is 0 Å². The van der Waals surface area contributed by atoms with Crippen LogP contribution >= 0.6 is 0 Å². The van der Waals surface area contributed by atoms with E-state index in [-0.39, 0.29) is 11.4 Å². The topological polar surface area (TPSA) is 40.5 Å². The molecule has 1 aromatic carbocycles. The predicted molar refractivity (Wildman–Crippen MR) is 85.8 cm³/mol. The number of benzene rings is 1. The van der Waals surface area contributed by atoms with E-state index in [1.54, 1.807) is 0 Å². The van der Waals surface area contributed by atoms with Crippen LogP contribution in [0.25, 0.3) is 5.57 Å². The minimum Gasteiger partial charge on any atom is -0.400 e. The molecule has 1 heterocycles. The lowest BCUT2D eigenvalue weighted by molar-refractivity contribution is -0.127. The normalized spacial score (nSPS) is 20.6. The van der Waals surface area contributed by atoms with Crippen LogP contribution in [-0.2, 0) is 4.79 Å². The highest BCUT2D eigenvalue weighted by Gasteiger charge is 2.47. The molecule has 0 radical (unpaired) electrons. The van der Waals surface area contributed by atoms with Crippen molar-refractivity contribution in [2.24, 2.45) is 0 Å². The smallest absolute Gasteiger partial charge is 0.254 e. The first-order chi connectivity index (χ1) is 10.2. The van der Waals surface area contributed by atoms with Gasteiger partial charge in [-0.05, 0) is 30.9 Å². The number of carbonyl (C=O) groups is 1. The first-order valence-electron chi connectivity index (χ1n) is 7.66. The van der Waals surface area contributed by atoms with Crippen molar-refractivity contribution in [1.82, 2.24) is 4.90 Å². The van der Waals surface area contributed by atoms with Gasteiger partial charge in [-0.15, -0.1) is 0 Å². The first-order valence-corrected chi connectivity index (χ1v) is 7.66. The van der Waals surface area contributed by atoms with E-state index in [9.17, 15) is 4.79 Å². The highest BCUT2D eigenvalue weighted by molar-refractivity contribution is 6.23. The van der Waals surface area contributed by atoms with Gasteiger partial charge in [-0.1, -0.05) is 49.6 Å². The van der Waals surface area contributed by atoms with Crippen LogP contribution in [0.4, 0.5) is 0 Å².